The highest BCUT2D eigenvalue weighted by atomic mass is 32.2. The van der Waals surface area contributed by atoms with Crippen LogP contribution in [0.25, 0.3) is 0 Å². The molecule has 1 atom stereocenters. The number of carbonyl (C=O) groups is 1. The van der Waals surface area contributed by atoms with Gasteiger partial charge in [0.05, 0.1) is 0 Å². The second kappa shape index (κ2) is 6.80. The molecular weight excluding hydrogens is 238 g/mol. The van der Waals surface area contributed by atoms with E-state index < -0.39 is 0 Å². The predicted molar refractivity (Wildman–Crippen MR) is 73.2 cm³/mol. The third-order valence-electron chi connectivity index (χ3n) is 3.27. The summed E-state index contributed by atoms with van der Waals surface area (Å²) in [6, 6.07) is 0. The summed E-state index contributed by atoms with van der Waals surface area (Å²) in [6.45, 7) is 1.98. The number of thioether (sulfide) groups is 2. The monoisotopic (exact) mass is 259 g/mol. The molecule has 0 aromatic heterocycles. The molecule has 2 rings (SSSR count). The molecule has 0 bridgehead atoms. The van der Waals surface area contributed by atoms with Gasteiger partial charge in [-0.3, -0.25) is 4.79 Å². The summed E-state index contributed by atoms with van der Waals surface area (Å²) in [6.07, 6.45) is 6.16. The van der Waals surface area contributed by atoms with Crippen molar-refractivity contribution in [2.75, 3.05) is 30.3 Å². The number of rotatable bonds is 2. The van der Waals surface area contributed by atoms with Crippen LogP contribution in [-0.4, -0.2) is 46.4 Å². The van der Waals surface area contributed by atoms with E-state index in [0.29, 0.717) is 11.2 Å². The van der Waals surface area contributed by atoms with Crippen molar-refractivity contribution >= 4 is 29.4 Å². The predicted octanol–water partition coefficient (Wildman–Crippen LogP) is 2.63. The molecule has 0 aliphatic carbocycles. The average Bonchev–Trinajstić information content (AvgIpc) is 2.64. The van der Waals surface area contributed by atoms with Crippen LogP contribution in [0, 0.1) is 0 Å². The van der Waals surface area contributed by atoms with E-state index in [9.17, 15) is 4.79 Å². The lowest BCUT2D eigenvalue weighted by Gasteiger charge is -2.25. The summed E-state index contributed by atoms with van der Waals surface area (Å²) in [5, 5.41) is 0.703. The number of hydrogen-bond acceptors (Lipinski definition) is 3. The molecule has 2 aliphatic heterocycles. The van der Waals surface area contributed by atoms with Gasteiger partial charge in [0.15, 0.2) is 0 Å². The van der Waals surface area contributed by atoms with Gasteiger partial charge < -0.3 is 4.90 Å². The summed E-state index contributed by atoms with van der Waals surface area (Å²) < 4.78 is 0. The van der Waals surface area contributed by atoms with E-state index in [1.54, 1.807) is 0 Å². The fourth-order valence-electron chi connectivity index (χ4n) is 2.29. The molecule has 92 valence electrons. The molecule has 0 N–H and O–H groups in total. The number of amides is 1. The molecule has 2 heterocycles. The van der Waals surface area contributed by atoms with E-state index in [4.69, 9.17) is 0 Å². The van der Waals surface area contributed by atoms with E-state index in [1.807, 2.05) is 11.8 Å². The summed E-state index contributed by atoms with van der Waals surface area (Å²) in [7, 11) is 0. The van der Waals surface area contributed by atoms with Crippen molar-refractivity contribution in [3.05, 3.63) is 0 Å². The van der Waals surface area contributed by atoms with Gasteiger partial charge in [0.2, 0.25) is 5.91 Å². The Balaban J connectivity index is 1.83. The lowest BCUT2D eigenvalue weighted by atomic mass is 10.1. The molecule has 0 spiro atoms. The maximum Gasteiger partial charge on any atom is 0.223 e. The number of hydrogen-bond donors (Lipinski definition) is 0. The van der Waals surface area contributed by atoms with Gasteiger partial charge >= 0.3 is 0 Å². The molecule has 0 aromatic carbocycles. The molecule has 2 fully saturated rings. The van der Waals surface area contributed by atoms with Crippen LogP contribution >= 0.6 is 23.5 Å². The highest BCUT2D eigenvalue weighted by Gasteiger charge is 2.21. The fraction of sp³-hybridized carbons (Fsp3) is 0.917. The molecule has 2 aliphatic rings. The van der Waals surface area contributed by atoms with Crippen molar-refractivity contribution in [1.82, 2.24) is 4.90 Å². The van der Waals surface area contributed by atoms with Crippen LogP contribution in [0.2, 0.25) is 0 Å². The zero-order valence-corrected chi connectivity index (χ0v) is 11.5. The Morgan fingerprint density at radius 3 is 3.06 bits per heavy atom. The Morgan fingerprint density at radius 1 is 1.19 bits per heavy atom. The molecule has 0 radical (unpaired) electrons. The van der Waals surface area contributed by atoms with Crippen molar-refractivity contribution < 1.29 is 4.79 Å². The van der Waals surface area contributed by atoms with E-state index in [2.05, 4.69) is 16.7 Å². The van der Waals surface area contributed by atoms with Gasteiger partial charge in [-0.15, -0.1) is 0 Å². The van der Waals surface area contributed by atoms with Crippen molar-refractivity contribution in [2.45, 2.75) is 37.4 Å². The molecule has 1 amide bonds. The topological polar surface area (TPSA) is 20.3 Å². The highest BCUT2D eigenvalue weighted by molar-refractivity contribution is 8.00. The smallest absolute Gasteiger partial charge is 0.223 e. The lowest BCUT2D eigenvalue weighted by Crippen LogP contribution is -2.37. The maximum absolute atomic E-state index is 11.9. The minimum atomic E-state index is 0.384. The van der Waals surface area contributed by atoms with E-state index in [1.165, 1.54) is 31.4 Å². The molecule has 2 saturated heterocycles. The van der Waals surface area contributed by atoms with E-state index in [0.717, 1.165) is 31.0 Å². The Hall–Kier alpha value is 0.170. The molecule has 2 nitrogen and oxygen atoms in total. The standard InChI is InChI=1S/C12H21NOS2/c14-12-5-8-15-9-6-13(12)10-11-4-2-1-3-7-16-11/h11H,1-10H2. The molecule has 1 unspecified atom stereocenters. The normalized spacial score (nSPS) is 28.6. The minimum absolute atomic E-state index is 0.384. The van der Waals surface area contributed by atoms with Gasteiger partial charge in [0.25, 0.3) is 0 Å². The average molecular weight is 259 g/mol. The Bertz CT molecular complexity index is 227. The second-order valence-corrected chi connectivity index (χ2v) is 7.18. The van der Waals surface area contributed by atoms with Gasteiger partial charge in [0.1, 0.15) is 0 Å². The van der Waals surface area contributed by atoms with Crippen molar-refractivity contribution in [3.63, 3.8) is 0 Å². The van der Waals surface area contributed by atoms with Gasteiger partial charge in [-0.1, -0.05) is 12.8 Å². The van der Waals surface area contributed by atoms with Crippen LogP contribution in [0.5, 0.6) is 0 Å². The molecule has 16 heavy (non-hydrogen) atoms. The highest BCUT2D eigenvalue weighted by Crippen LogP contribution is 2.25. The molecular formula is C12H21NOS2. The Kier molecular flexibility index (Phi) is 5.36. The van der Waals surface area contributed by atoms with E-state index >= 15 is 0 Å². The SMILES string of the molecule is O=C1CCSCCN1CC1CCCCCS1. The van der Waals surface area contributed by atoms with Gasteiger partial charge in [0, 0.05) is 36.3 Å². The first-order valence-corrected chi connectivity index (χ1v) is 8.54. The first-order valence-electron chi connectivity index (χ1n) is 6.33. The fourth-order valence-corrected chi connectivity index (χ4v) is 4.48. The first kappa shape index (κ1) is 12.6. The quantitative estimate of drug-likeness (QED) is 0.760. The van der Waals surface area contributed by atoms with Gasteiger partial charge in [-0.25, -0.2) is 0 Å². The Labute approximate surface area is 107 Å². The Morgan fingerprint density at radius 2 is 2.12 bits per heavy atom. The third kappa shape index (κ3) is 3.88. The summed E-state index contributed by atoms with van der Waals surface area (Å²) in [4.78, 5) is 14.0. The largest absolute Gasteiger partial charge is 0.341 e. The van der Waals surface area contributed by atoms with Crippen molar-refractivity contribution in [2.24, 2.45) is 0 Å². The van der Waals surface area contributed by atoms with E-state index in [-0.39, 0.29) is 0 Å². The molecule has 0 saturated carbocycles. The first-order chi connectivity index (χ1) is 7.86. The summed E-state index contributed by atoms with van der Waals surface area (Å²) in [5.41, 5.74) is 0. The maximum atomic E-state index is 11.9. The van der Waals surface area contributed by atoms with Crippen LogP contribution in [0.1, 0.15) is 32.1 Å². The summed E-state index contributed by atoms with van der Waals surface area (Å²) in [5.74, 6) is 3.83. The second-order valence-electron chi connectivity index (χ2n) is 4.54. The zero-order chi connectivity index (χ0) is 11.2. The van der Waals surface area contributed by atoms with Crippen LogP contribution in [0.15, 0.2) is 0 Å². The van der Waals surface area contributed by atoms with Crippen LogP contribution in [-0.2, 0) is 4.79 Å². The van der Waals surface area contributed by atoms with Crippen LogP contribution in [0.4, 0.5) is 0 Å². The van der Waals surface area contributed by atoms with Gasteiger partial charge in [-0.2, -0.15) is 23.5 Å². The van der Waals surface area contributed by atoms with Crippen molar-refractivity contribution in [1.29, 1.82) is 0 Å². The lowest BCUT2D eigenvalue weighted by molar-refractivity contribution is -0.130. The van der Waals surface area contributed by atoms with Gasteiger partial charge in [-0.05, 0) is 18.6 Å². The van der Waals surface area contributed by atoms with Crippen LogP contribution in [0.3, 0.4) is 0 Å². The molecule has 4 heteroatoms. The third-order valence-corrected chi connectivity index (χ3v) is 5.61. The van der Waals surface area contributed by atoms with Crippen molar-refractivity contribution in [3.8, 4) is 0 Å². The van der Waals surface area contributed by atoms with Crippen LogP contribution < -0.4 is 0 Å². The zero-order valence-electron chi connectivity index (χ0n) is 9.82. The summed E-state index contributed by atoms with van der Waals surface area (Å²) >= 11 is 4.01. The minimum Gasteiger partial charge on any atom is -0.341 e. The molecule has 0 aromatic rings. The number of carbonyl (C=O) groups excluding carboxylic acids is 1. The number of nitrogens with zero attached hydrogens (tertiary/aromatic N) is 1.